The molecule has 0 spiro atoms. The molecule has 2 nitrogen and oxygen atoms in total. The predicted molar refractivity (Wildman–Crippen MR) is 70.2 cm³/mol. The zero-order chi connectivity index (χ0) is 11.4. The molecule has 0 atom stereocenters. The monoisotopic (exact) mass is 235 g/mol. The van der Waals surface area contributed by atoms with E-state index in [1.165, 1.54) is 19.3 Å². The molecule has 1 aromatic rings. The largest absolute Gasteiger partial charge is 0.300 e. The van der Waals surface area contributed by atoms with E-state index in [1.807, 2.05) is 35.2 Å². The topological polar surface area (TPSA) is 20.3 Å². The predicted octanol–water partition coefficient (Wildman–Crippen LogP) is 3.88. The molecule has 0 unspecified atom stereocenters. The number of amides is 1. The lowest BCUT2D eigenvalue weighted by molar-refractivity contribution is 0.261. The number of rotatable bonds is 2. The van der Waals surface area contributed by atoms with Gasteiger partial charge < -0.3 is 4.90 Å². The molecule has 1 aromatic carbocycles. The van der Waals surface area contributed by atoms with Crippen molar-refractivity contribution in [3.05, 3.63) is 30.3 Å². The van der Waals surface area contributed by atoms with E-state index < -0.39 is 0 Å². The summed E-state index contributed by atoms with van der Waals surface area (Å²) in [4.78, 5) is 13.5. The highest BCUT2D eigenvalue weighted by molar-refractivity contribution is 7.96. The summed E-state index contributed by atoms with van der Waals surface area (Å²) in [7, 11) is 0. The van der Waals surface area contributed by atoms with E-state index in [0.717, 1.165) is 18.5 Å². The van der Waals surface area contributed by atoms with Crippen LogP contribution in [0.15, 0.2) is 30.3 Å². The maximum Gasteiger partial charge on any atom is 0.283 e. The summed E-state index contributed by atoms with van der Waals surface area (Å²) in [6, 6.07) is 10.2. The number of carbonyl (C=O) groups excluding carboxylic acids is 1. The van der Waals surface area contributed by atoms with Crippen molar-refractivity contribution in [2.24, 2.45) is 0 Å². The van der Waals surface area contributed by atoms with Gasteiger partial charge in [-0.25, -0.2) is 0 Å². The van der Waals surface area contributed by atoms with Gasteiger partial charge in [-0.15, -0.1) is 0 Å². The third-order valence-electron chi connectivity index (χ3n) is 3.18. The molecule has 0 aromatic heterocycles. The Morgan fingerprint density at radius 1 is 1.12 bits per heavy atom. The molecule has 1 aliphatic rings. The summed E-state index contributed by atoms with van der Waals surface area (Å²) >= 11 is 4.00. The number of carbonyl (C=O) groups is 1. The van der Waals surface area contributed by atoms with Crippen LogP contribution in [0.2, 0.25) is 0 Å². The average Bonchev–Trinajstić information content (AvgIpc) is 2.31. The minimum atomic E-state index is -0.141. The smallest absolute Gasteiger partial charge is 0.283 e. The molecule has 3 heteroatoms. The minimum absolute atomic E-state index is 0.141. The lowest BCUT2D eigenvalue weighted by Crippen LogP contribution is -2.38. The molecular weight excluding hydrogens is 218 g/mol. The summed E-state index contributed by atoms with van der Waals surface area (Å²) in [5.41, 5.74) is 0.967. The first-order valence-electron chi connectivity index (χ1n) is 5.86. The second kappa shape index (κ2) is 5.39. The Balaban J connectivity index is 2.20. The number of thiol groups is 1. The molecule has 0 bridgehead atoms. The third kappa shape index (κ3) is 2.59. The number of anilines is 1. The molecule has 0 radical (unpaired) electrons. The Morgan fingerprint density at radius 3 is 2.31 bits per heavy atom. The van der Waals surface area contributed by atoms with Crippen LogP contribution in [0.4, 0.5) is 10.5 Å². The fourth-order valence-corrected chi connectivity index (χ4v) is 2.68. The molecule has 0 saturated heterocycles. The van der Waals surface area contributed by atoms with E-state index in [4.69, 9.17) is 0 Å². The number of para-hydroxylation sites is 1. The second-order valence-corrected chi connectivity index (χ2v) is 4.66. The zero-order valence-electron chi connectivity index (χ0n) is 9.30. The van der Waals surface area contributed by atoms with Gasteiger partial charge in [0, 0.05) is 11.7 Å². The molecule has 1 fully saturated rings. The first-order chi connectivity index (χ1) is 7.79. The maximum atomic E-state index is 11.6. The van der Waals surface area contributed by atoms with Gasteiger partial charge in [0.15, 0.2) is 0 Å². The van der Waals surface area contributed by atoms with Gasteiger partial charge in [0.1, 0.15) is 0 Å². The number of benzene rings is 1. The Hall–Kier alpha value is -0.960. The Labute approximate surface area is 102 Å². The van der Waals surface area contributed by atoms with Crippen LogP contribution in [0.5, 0.6) is 0 Å². The molecule has 1 amide bonds. The van der Waals surface area contributed by atoms with E-state index in [2.05, 4.69) is 12.6 Å². The fraction of sp³-hybridized carbons (Fsp3) is 0.462. The normalized spacial score (nSPS) is 17.1. The average molecular weight is 235 g/mol. The third-order valence-corrected chi connectivity index (χ3v) is 3.40. The van der Waals surface area contributed by atoms with E-state index in [0.29, 0.717) is 6.04 Å². The van der Waals surface area contributed by atoms with Gasteiger partial charge in [0.2, 0.25) is 0 Å². The number of hydrogen-bond donors (Lipinski definition) is 1. The van der Waals surface area contributed by atoms with E-state index in [9.17, 15) is 4.79 Å². The molecule has 2 rings (SSSR count). The molecule has 0 N–H and O–H groups in total. The van der Waals surface area contributed by atoms with Gasteiger partial charge in [0.05, 0.1) is 0 Å². The SMILES string of the molecule is O=C(S)N(c1ccccc1)C1CCCCC1. The van der Waals surface area contributed by atoms with Gasteiger partial charge >= 0.3 is 0 Å². The van der Waals surface area contributed by atoms with Crippen molar-refractivity contribution in [1.29, 1.82) is 0 Å². The lowest BCUT2D eigenvalue weighted by atomic mass is 9.94. The van der Waals surface area contributed by atoms with Crippen molar-refractivity contribution >= 4 is 23.6 Å². The molecule has 16 heavy (non-hydrogen) atoms. The van der Waals surface area contributed by atoms with Gasteiger partial charge in [-0.3, -0.25) is 4.79 Å². The van der Waals surface area contributed by atoms with Crippen molar-refractivity contribution < 1.29 is 4.79 Å². The van der Waals surface area contributed by atoms with Gasteiger partial charge in [-0.05, 0) is 25.0 Å². The van der Waals surface area contributed by atoms with Crippen LogP contribution in [0, 0.1) is 0 Å². The van der Waals surface area contributed by atoms with Crippen LogP contribution >= 0.6 is 12.6 Å². The Morgan fingerprint density at radius 2 is 1.75 bits per heavy atom. The minimum Gasteiger partial charge on any atom is -0.300 e. The molecule has 86 valence electrons. The van der Waals surface area contributed by atoms with Crippen LogP contribution in [0.1, 0.15) is 32.1 Å². The molecule has 1 saturated carbocycles. The zero-order valence-corrected chi connectivity index (χ0v) is 10.2. The van der Waals surface area contributed by atoms with Crippen molar-refractivity contribution in [3.63, 3.8) is 0 Å². The summed E-state index contributed by atoms with van der Waals surface area (Å²) in [6.07, 6.45) is 5.92. The molecule has 1 aliphatic carbocycles. The van der Waals surface area contributed by atoms with Crippen LogP contribution in [0.25, 0.3) is 0 Å². The number of nitrogens with zero attached hydrogens (tertiary/aromatic N) is 1. The van der Waals surface area contributed by atoms with Crippen LogP contribution in [-0.4, -0.2) is 11.3 Å². The van der Waals surface area contributed by atoms with E-state index in [1.54, 1.807) is 0 Å². The summed E-state index contributed by atoms with van der Waals surface area (Å²) < 4.78 is 0. The van der Waals surface area contributed by atoms with Crippen LogP contribution < -0.4 is 4.90 Å². The van der Waals surface area contributed by atoms with E-state index in [-0.39, 0.29) is 5.24 Å². The van der Waals surface area contributed by atoms with Gasteiger partial charge in [0.25, 0.3) is 5.24 Å². The van der Waals surface area contributed by atoms with Crippen LogP contribution in [0.3, 0.4) is 0 Å². The molecular formula is C13H17NOS. The maximum absolute atomic E-state index is 11.6. The molecule has 0 heterocycles. The quantitative estimate of drug-likeness (QED) is 0.771. The Bertz CT molecular complexity index is 346. The number of hydrogen-bond acceptors (Lipinski definition) is 1. The summed E-state index contributed by atoms with van der Waals surface area (Å²) in [6.45, 7) is 0. The standard InChI is InChI=1S/C13H17NOS/c15-13(16)14(11-7-3-1-4-8-11)12-9-5-2-6-10-12/h1,3-4,7-8,12H,2,5-6,9-10H2,(H,15,16). The van der Waals surface area contributed by atoms with E-state index >= 15 is 0 Å². The fourth-order valence-electron chi connectivity index (χ4n) is 2.41. The lowest BCUT2D eigenvalue weighted by Gasteiger charge is -2.33. The highest BCUT2D eigenvalue weighted by atomic mass is 32.1. The second-order valence-electron chi connectivity index (χ2n) is 4.28. The van der Waals surface area contributed by atoms with Gasteiger partial charge in [-0.1, -0.05) is 50.1 Å². The first kappa shape index (κ1) is 11.5. The summed E-state index contributed by atoms with van der Waals surface area (Å²) in [5, 5.41) is -0.141. The summed E-state index contributed by atoms with van der Waals surface area (Å²) in [5.74, 6) is 0. The van der Waals surface area contributed by atoms with Crippen molar-refractivity contribution in [2.75, 3.05) is 4.90 Å². The van der Waals surface area contributed by atoms with Gasteiger partial charge in [-0.2, -0.15) is 0 Å². The molecule has 0 aliphatic heterocycles. The Kier molecular flexibility index (Phi) is 3.88. The van der Waals surface area contributed by atoms with Crippen molar-refractivity contribution in [2.45, 2.75) is 38.1 Å². The van der Waals surface area contributed by atoms with Crippen molar-refractivity contribution in [3.8, 4) is 0 Å². The van der Waals surface area contributed by atoms with Crippen molar-refractivity contribution in [1.82, 2.24) is 0 Å². The highest BCUT2D eigenvalue weighted by Gasteiger charge is 2.24. The highest BCUT2D eigenvalue weighted by Crippen LogP contribution is 2.28. The first-order valence-corrected chi connectivity index (χ1v) is 6.31. The van der Waals surface area contributed by atoms with Crippen LogP contribution in [-0.2, 0) is 0 Å².